The first-order valence-electron chi connectivity index (χ1n) is 17.3. The lowest BCUT2D eigenvalue weighted by atomic mass is 9.71. The molecule has 1 amide bonds. The van der Waals surface area contributed by atoms with E-state index in [-0.39, 0.29) is 34.6 Å². The number of likely N-dealkylation sites (N-methyl/N-ethyl adjacent to an activating group) is 1. The molecule has 1 saturated heterocycles. The number of para-hydroxylation sites is 1. The van der Waals surface area contributed by atoms with Crippen LogP contribution in [-0.4, -0.2) is 75.6 Å². The van der Waals surface area contributed by atoms with Crippen LogP contribution in [0.15, 0.2) is 77.7 Å². The molecule has 0 bridgehead atoms. The summed E-state index contributed by atoms with van der Waals surface area (Å²) < 4.78 is 35.3. The molecule has 3 aliphatic rings. The van der Waals surface area contributed by atoms with Crippen LogP contribution in [0, 0.1) is 5.92 Å². The molecule has 1 aliphatic carbocycles. The first kappa shape index (κ1) is 35.2. The summed E-state index contributed by atoms with van der Waals surface area (Å²) in [5.74, 6) is 0.520. The second-order valence-electron chi connectivity index (χ2n) is 13.8. The summed E-state index contributed by atoms with van der Waals surface area (Å²) in [6.07, 6.45) is 10.8. The second-order valence-corrected chi connectivity index (χ2v) is 16.5. The summed E-state index contributed by atoms with van der Waals surface area (Å²) in [5.41, 5.74) is 3.26. The van der Waals surface area contributed by atoms with Gasteiger partial charge >= 0.3 is 0 Å². The topological polar surface area (TPSA) is 70.2 Å². The molecule has 0 radical (unpaired) electrons. The Hall–Kier alpha value is -2.62. The van der Waals surface area contributed by atoms with Gasteiger partial charge in [0.2, 0.25) is 5.91 Å². The molecule has 3 aromatic carbocycles. The van der Waals surface area contributed by atoms with Crippen molar-refractivity contribution >= 4 is 44.8 Å². The number of hydrogen-bond acceptors (Lipinski definition) is 5. The second kappa shape index (κ2) is 15.5. The molecule has 1 saturated carbocycles. The SMILES string of the molecule is CN(CCC1CCC(Cc2ccccc2)(N2CCCC2)CC1)C(=O)COCC1CCc2ccccc2N1S(=O)(=O)c1ccc(Cl)c(Cl)c1. The quantitative estimate of drug-likeness (QED) is 0.193. The average molecular weight is 713 g/mol. The van der Waals surface area contributed by atoms with E-state index in [0.29, 0.717) is 29.6 Å². The third-order valence-electron chi connectivity index (χ3n) is 10.8. The molecular formula is C38H47Cl2N3O4S. The molecule has 2 aliphatic heterocycles. The third-order valence-corrected chi connectivity index (χ3v) is 13.4. The van der Waals surface area contributed by atoms with Gasteiger partial charge in [0.25, 0.3) is 10.0 Å². The number of sulfonamides is 1. The number of ether oxygens (including phenoxy) is 1. The zero-order valence-corrected chi connectivity index (χ0v) is 30.2. The minimum Gasteiger partial charge on any atom is -0.369 e. The fraction of sp³-hybridized carbons (Fsp3) is 0.500. The Bertz CT molecular complexity index is 1660. The van der Waals surface area contributed by atoms with Gasteiger partial charge in [0.05, 0.1) is 33.3 Å². The predicted molar refractivity (Wildman–Crippen MR) is 193 cm³/mol. The molecular weight excluding hydrogens is 665 g/mol. The van der Waals surface area contributed by atoms with Gasteiger partial charge in [0.15, 0.2) is 0 Å². The number of carbonyl (C=O) groups is 1. The molecule has 0 N–H and O–H groups in total. The molecule has 2 heterocycles. The number of halogens is 2. The highest BCUT2D eigenvalue weighted by Gasteiger charge is 2.41. The number of nitrogens with zero attached hydrogens (tertiary/aromatic N) is 3. The van der Waals surface area contributed by atoms with E-state index in [0.717, 1.165) is 24.8 Å². The average Bonchev–Trinajstić information content (AvgIpc) is 3.65. The summed E-state index contributed by atoms with van der Waals surface area (Å²) >= 11 is 12.3. The van der Waals surface area contributed by atoms with E-state index in [9.17, 15) is 13.2 Å². The summed E-state index contributed by atoms with van der Waals surface area (Å²) in [7, 11) is -2.13. The van der Waals surface area contributed by atoms with Crippen molar-refractivity contribution in [2.75, 3.05) is 44.2 Å². The number of amides is 1. The molecule has 48 heavy (non-hydrogen) atoms. The van der Waals surface area contributed by atoms with Crippen LogP contribution >= 0.6 is 23.2 Å². The molecule has 258 valence electrons. The first-order chi connectivity index (χ1) is 23.2. The normalized spacial score (nSPS) is 23.2. The van der Waals surface area contributed by atoms with E-state index in [1.54, 1.807) is 4.90 Å². The number of benzene rings is 3. The van der Waals surface area contributed by atoms with Crippen LogP contribution in [0.4, 0.5) is 5.69 Å². The standard InChI is InChI=1S/C38H47Cl2N3O4S/c1-41(24-19-29-17-20-38(21-18-29,42-22-7-8-23-42)26-30-9-3-2-4-10-30)37(44)28-47-27-32-14-13-31-11-5-6-12-36(31)43(32)48(45,46)33-15-16-34(39)35(40)25-33/h2-6,9-12,15-16,25,29,32H,7-8,13-14,17-24,26-28H2,1H3. The molecule has 6 rings (SSSR count). The third kappa shape index (κ3) is 7.89. The highest BCUT2D eigenvalue weighted by Crippen LogP contribution is 2.42. The van der Waals surface area contributed by atoms with Crippen LogP contribution < -0.4 is 4.31 Å². The number of anilines is 1. The van der Waals surface area contributed by atoms with Gasteiger partial charge in [-0.3, -0.25) is 14.0 Å². The van der Waals surface area contributed by atoms with Gasteiger partial charge in [0, 0.05) is 19.1 Å². The Morgan fingerprint density at radius 2 is 1.65 bits per heavy atom. The summed E-state index contributed by atoms with van der Waals surface area (Å²) in [6, 6.07) is 22.3. The number of fused-ring (bicyclic) bond motifs is 1. The highest BCUT2D eigenvalue weighted by atomic mass is 35.5. The van der Waals surface area contributed by atoms with Crippen molar-refractivity contribution in [3.63, 3.8) is 0 Å². The fourth-order valence-corrected chi connectivity index (χ4v) is 10.1. The van der Waals surface area contributed by atoms with Gasteiger partial charge in [-0.15, -0.1) is 0 Å². The lowest BCUT2D eigenvalue weighted by molar-refractivity contribution is -0.135. The summed E-state index contributed by atoms with van der Waals surface area (Å²) in [5, 5.41) is 0.467. The maximum absolute atomic E-state index is 14.0. The molecule has 7 nitrogen and oxygen atoms in total. The maximum atomic E-state index is 14.0. The van der Waals surface area contributed by atoms with Crippen molar-refractivity contribution in [3.8, 4) is 0 Å². The van der Waals surface area contributed by atoms with E-state index in [1.807, 2.05) is 31.3 Å². The maximum Gasteiger partial charge on any atom is 0.264 e. The van der Waals surface area contributed by atoms with Crippen LogP contribution in [0.5, 0.6) is 0 Å². The minimum absolute atomic E-state index is 0.0647. The van der Waals surface area contributed by atoms with Crippen molar-refractivity contribution in [2.45, 2.75) is 80.7 Å². The number of hydrogen-bond donors (Lipinski definition) is 0. The van der Waals surface area contributed by atoms with Crippen molar-refractivity contribution in [3.05, 3.63) is 94.0 Å². The van der Waals surface area contributed by atoms with Crippen LogP contribution in [0.1, 0.15) is 62.5 Å². The number of rotatable bonds is 12. The lowest BCUT2D eigenvalue weighted by Crippen LogP contribution is -2.51. The number of aryl methyl sites for hydroxylation is 1. The smallest absolute Gasteiger partial charge is 0.264 e. The summed E-state index contributed by atoms with van der Waals surface area (Å²) in [6.45, 7) is 3.13. The molecule has 1 unspecified atom stereocenters. The number of carbonyl (C=O) groups excluding carboxylic acids is 1. The monoisotopic (exact) mass is 711 g/mol. The Labute approximate surface area is 296 Å². The van der Waals surface area contributed by atoms with Crippen LogP contribution in [0.2, 0.25) is 10.0 Å². The van der Waals surface area contributed by atoms with Crippen LogP contribution in [0.3, 0.4) is 0 Å². The molecule has 0 spiro atoms. The molecule has 10 heteroatoms. The first-order valence-corrected chi connectivity index (χ1v) is 19.5. The molecule has 0 aromatic heterocycles. The molecule has 3 aromatic rings. The Morgan fingerprint density at radius 1 is 0.938 bits per heavy atom. The zero-order valence-electron chi connectivity index (χ0n) is 27.8. The van der Waals surface area contributed by atoms with E-state index >= 15 is 0 Å². The van der Waals surface area contributed by atoms with Crippen LogP contribution in [-0.2, 0) is 32.4 Å². The van der Waals surface area contributed by atoms with E-state index < -0.39 is 16.1 Å². The Kier molecular flexibility index (Phi) is 11.4. The van der Waals surface area contributed by atoms with Gasteiger partial charge < -0.3 is 9.64 Å². The Balaban J connectivity index is 1.02. The molecule has 2 fully saturated rings. The van der Waals surface area contributed by atoms with E-state index in [2.05, 4.69) is 35.2 Å². The Morgan fingerprint density at radius 3 is 2.38 bits per heavy atom. The van der Waals surface area contributed by atoms with Gasteiger partial charge in [-0.1, -0.05) is 71.7 Å². The number of likely N-dealkylation sites (tertiary alicyclic amines) is 1. The largest absolute Gasteiger partial charge is 0.369 e. The molecule has 1 atom stereocenters. The minimum atomic E-state index is -3.97. The van der Waals surface area contributed by atoms with Crippen molar-refractivity contribution in [1.29, 1.82) is 0 Å². The van der Waals surface area contributed by atoms with E-state index in [4.69, 9.17) is 27.9 Å². The van der Waals surface area contributed by atoms with Crippen LogP contribution in [0.25, 0.3) is 0 Å². The van der Waals surface area contributed by atoms with E-state index in [1.165, 1.54) is 79.7 Å². The fourth-order valence-electron chi connectivity index (χ4n) is 7.97. The van der Waals surface area contributed by atoms with Gasteiger partial charge in [-0.25, -0.2) is 8.42 Å². The summed E-state index contributed by atoms with van der Waals surface area (Å²) in [4.78, 5) is 17.7. The highest BCUT2D eigenvalue weighted by molar-refractivity contribution is 7.92. The van der Waals surface area contributed by atoms with Crippen molar-refractivity contribution in [1.82, 2.24) is 9.80 Å². The van der Waals surface area contributed by atoms with Crippen molar-refractivity contribution < 1.29 is 17.9 Å². The van der Waals surface area contributed by atoms with Crippen molar-refractivity contribution in [2.24, 2.45) is 5.92 Å². The predicted octanol–water partition coefficient (Wildman–Crippen LogP) is 7.64. The lowest BCUT2D eigenvalue weighted by Gasteiger charge is -2.47. The zero-order chi connectivity index (χ0) is 33.7. The van der Waals surface area contributed by atoms with Gasteiger partial charge in [-0.05, 0) is 119 Å². The van der Waals surface area contributed by atoms with Gasteiger partial charge in [0.1, 0.15) is 6.61 Å². The van der Waals surface area contributed by atoms with Gasteiger partial charge in [-0.2, -0.15) is 0 Å².